The Bertz CT molecular complexity index is 3800. The molecule has 1 nitrogen and oxygen atoms in total. The first kappa shape index (κ1) is 37.6. The summed E-state index contributed by atoms with van der Waals surface area (Å²) < 4.78 is 2.65. The molecule has 1 aromatic heterocycles. The molecule has 0 amide bonds. The molecule has 66 heavy (non-hydrogen) atoms. The van der Waals surface area contributed by atoms with Crippen LogP contribution in [-0.2, 0) is 10.8 Å². The van der Waals surface area contributed by atoms with E-state index in [2.05, 4.69) is 243 Å². The number of nitrogens with zero attached hydrogens (tertiary/aromatic N) is 1. The SMILES string of the molecule is CC1(C)c2ccccc2-c2ccc(N(c3ccc(-c4ccccc4)cc3)c3ccc4c(c3)C3(c5ccccc5-c5ccccc5-4)c4ccccc4-c4cc5sc6ccccc6c5cc43)cc21. The molecule has 1 spiro atoms. The predicted octanol–water partition coefficient (Wildman–Crippen LogP) is 17.5. The van der Waals surface area contributed by atoms with Gasteiger partial charge in [0.15, 0.2) is 0 Å². The number of fused-ring (bicyclic) bond motifs is 18. The molecule has 0 radical (unpaired) electrons. The van der Waals surface area contributed by atoms with Crippen LogP contribution in [0, 0.1) is 0 Å². The predicted molar refractivity (Wildman–Crippen MR) is 279 cm³/mol. The molecule has 3 aliphatic carbocycles. The molecule has 2 heteroatoms. The third-order valence-electron chi connectivity index (χ3n) is 15.1. The van der Waals surface area contributed by atoms with Crippen molar-refractivity contribution < 1.29 is 0 Å². The monoisotopic (exact) mass is 857 g/mol. The molecule has 1 atom stereocenters. The van der Waals surface area contributed by atoms with Gasteiger partial charge in [-0.05, 0) is 144 Å². The highest BCUT2D eigenvalue weighted by molar-refractivity contribution is 7.25. The minimum Gasteiger partial charge on any atom is -0.310 e. The highest BCUT2D eigenvalue weighted by atomic mass is 32.1. The van der Waals surface area contributed by atoms with Crippen molar-refractivity contribution in [3.63, 3.8) is 0 Å². The second-order valence-electron chi connectivity index (χ2n) is 18.8. The van der Waals surface area contributed by atoms with Crippen LogP contribution in [0.25, 0.3) is 75.8 Å². The fourth-order valence-corrected chi connectivity index (χ4v) is 13.3. The fraction of sp³-hybridized carbons (Fsp3) is 0.0625. The molecule has 0 aliphatic heterocycles. The molecule has 310 valence electrons. The summed E-state index contributed by atoms with van der Waals surface area (Å²) in [6.07, 6.45) is 0. The lowest BCUT2D eigenvalue weighted by molar-refractivity contribution is 0.660. The van der Waals surface area contributed by atoms with Gasteiger partial charge in [0.25, 0.3) is 0 Å². The van der Waals surface area contributed by atoms with Crippen molar-refractivity contribution in [3.8, 4) is 55.6 Å². The highest BCUT2D eigenvalue weighted by Crippen LogP contribution is 2.63. The van der Waals surface area contributed by atoms with Crippen molar-refractivity contribution in [2.24, 2.45) is 0 Å². The van der Waals surface area contributed by atoms with E-state index in [0.717, 1.165) is 17.1 Å². The van der Waals surface area contributed by atoms with Crippen molar-refractivity contribution >= 4 is 48.6 Å². The first-order valence-electron chi connectivity index (χ1n) is 23.1. The van der Waals surface area contributed by atoms with Crippen LogP contribution in [-0.4, -0.2) is 0 Å². The molecule has 14 rings (SSSR count). The van der Waals surface area contributed by atoms with E-state index in [1.807, 2.05) is 11.3 Å². The molecule has 3 aliphatic rings. The number of benzene rings is 10. The average Bonchev–Trinajstić information content (AvgIpc) is 3.94. The lowest BCUT2D eigenvalue weighted by Gasteiger charge is -2.36. The zero-order valence-corrected chi connectivity index (χ0v) is 37.5. The second-order valence-corrected chi connectivity index (χ2v) is 19.8. The Hall–Kier alpha value is -7.78. The van der Waals surface area contributed by atoms with Crippen LogP contribution in [0.3, 0.4) is 0 Å². The molecule has 0 saturated carbocycles. The second kappa shape index (κ2) is 13.9. The first-order chi connectivity index (χ1) is 32.5. The van der Waals surface area contributed by atoms with Gasteiger partial charge < -0.3 is 4.90 Å². The standard InChI is InChI=1S/C64H43NS/c1-63(2)55-24-12-8-21-48(55)51-35-33-43(36-58(51)63)65(42-30-28-41(29-31-42)40-16-4-3-5-17-40)44-32-34-50-46-19-7-6-18-45(46)47-20-9-13-25-56(47)64(59(50)37-44)57-26-14-10-22-49(57)53-39-62-54(38-60(53)64)52-23-11-15-27-61(52)66-62/h3-39H,1-2H3. The van der Waals surface area contributed by atoms with E-state index in [9.17, 15) is 0 Å². The van der Waals surface area contributed by atoms with E-state index in [1.165, 1.54) is 109 Å². The van der Waals surface area contributed by atoms with Gasteiger partial charge >= 0.3 is 0 Å². The maximum absolute atomic E-state index is 2.56. The molecule has 1 unspecified atom stereocenters. The molecule has 0 bridgehead atoms. The lowest BCUT2D eigenvalue weighted by Crippen LogP contribution is -2.29. The number of thiophene rings is 1. The third kappa shape index (κ3) is 5.11. The number of hydrogen-bond acceptors (Lipinski definition) is 2. The number of hydrogen-bond donors (Lipinski definition) is 0. The van der Waals surface area contributed by atoms with E-state index < -0.39 is 5.41 Å². The van der Waals surface area contributed by atoms with Crippen molar-refractivity contribution in [3.05, 3.63) is 258 Å². The van der Waals surface area contributed by atoms with Gasteiger partial charge in [0.2, 0.25) is 0 Å². The minimum atomic E-state index is -0.630. The van der Waals surface area contributed by atoms with Crippen molar-refractivity contribution in [2.75, 3.05) is 4.90 Å². The molecule has 11 aromatic rings. The maximum Gasteiger partial charge on any atom is 0.0726 e. The Kier molecular flexibility index (Phi) is 7.89. The Morgan fingerprint density at radius 3 is 1.45 bits per heavy atom. The van der Waals surface area contributed by atoms with E-state index in [0.29, 0.717) is 0 Å². The summed E-state index contributed by atoms with van der Waals surface area (Å²) in [5.74, 6) is 0. The first-order valence-corrected chi connectivity index (χ1v) is 23.9. The molecular formula is C64H43NS. The van der Waals surface area contributed by atoms with Crippen molar-refractivity contribution in [1.29, 1.82) is 0 Å². The Labute approximate surface area is 389 Å². The largest absolute Gasteiger partial charge is 0.310 e. The van der Waals surface area contributed by atoms with E-state index in [1.54, 1.807) is 0 Å². The Balaban J connectivity index is 1.08. The zero-order valence-electron chi connectivity index (χ0n) is 36.7. The summed E-state index contributed by atoms with van der Waals surface area (Å²) in [5.41, 5.74) is 23.4. The van der Waals surface area contributed by atoms with Gasteiger partial charge in [-0.15, -0.1) is 11.3 Å². The highest BCUT2D eigenvalue weighted by Gasteiger charge is 2.50. The van der Waals surface area contributed by atoms with Crippen LogP contribution in [0.4, 0.5) is 17.1 Å². The number of rotatable bonds is 4. The molecule has 0 saturated heterocycles. The van der Waals surface area contributed by atoms with Crippen LogP contribution in [0.15, 0.2) is 224 Å². The average molecular weight is 858 g/mol. The van der Waals surface area contributed by atoms with Gasteiger partial charge in [-0.3, -0.25) is 0 Å². The summed E-state index contributed by atoms with van der Waals surface area (Å²) in [6, 6.07) is 84.9. The fourth-order valence-electron chi connectivity index (χ4n) is 12.1. The maximum atomic E-state index is 2.56. The van der Waals surface area contributed by atoms with Gasteiger partial charge in [0.1, 0.15) is 0 Å². The molecule has 0 N–H and O–H groups in total. The van der Waals surface area contributed by atoms with Gasteiger partial charge in [-0.2, -0.15) is 0 Å². The molecule has 10 aromatic carbocycles. The van der Waals surface area contributed by atoms with E-state index >= 15 is 0 Å². The normalized spacial score (nSPS) is 15.6. The van der Waals surface area contributed by atoms with Gasteiger partial charge in [0.05, 0.1) is 5.41 Å². The van der Waals surface area contributed by atoms with Crippen LogP contribution >= 0.6 is 11.3 Å². The van der Waals surface area contributed by atoms with Crippen LogP contribution in [0.1, 0.15) is 47.2 Å². The lowest BCUT2D eigenvalue weighted by atomic mass is 9.65. The molecular weight excluding hydrogens is 815 g/mol. The van der Waals surface area contributed by atoms with Crippen molar-refractivity contribution in [2.45, 2.75) is 24.7 Å². The third-order valence-corrected chi connectivity index (χ3v) is 16.2. The van der Waals surface area contributed by atoms with Crippen molar-refractivity contribution in [1.82, 2.24) is 0 Å². The Morgan fingerprint density at radius 1 is 0.303 bits per heavy atom. The summed E-state index contributed by atoms with van der Waals surface area (Å²) in [4.78, 5) is 2.50. The van der Waals surface area contributed by atoms with Gasteiger partial charge in [0, 0.05) is 42.6 Å². The summed E-state index contributed by atoms with van der Waals surface area (Å²) >= 11 is 1.90. The van der Waals surface area contributed by atoms with Gasteiger partial charge in [-0.1, -0.05) is 184 Å². The Morgan fingerprint density at radius 2 is 0.773 bits per heavy atom. The van der Waals surface area contributed by atoms with Crippen LogP contribution < -0.4 is 4.90 Å². The van der Waals surface area contributed by atoms with E-state index in [-0.39, 0.29) is 5.41 Å². The summed E-state index contributed by atoms with van der Waals surface area (Å²) in [7, 11) is 0. The molecule has 1 heterocycles. The summed E-state index contributed by atoms with van der Waals surface area (Å²) in [5, 5.41) is 2.64. The summed E-state index contributed by atoms with van der Waals surface area (Å²) in [6.45, 7) is 4.76. The van der Waals surface area contributed by atoms with Crippen LogP contribution in [0.5, 0.6) is 0 Å². The van der Waals surface area contributed by atoms with E-state index in [4.69, 9.17) is 0 Å². The topological polar surface area (TPSA) is 3.24 Å². The van der Waals surface area contributed by atoms with Gasteiger partial charge in [-0.25, -0.2) is 0 Å². The number of anilines is 3. The van der Waals surface area contributed by atoms with Crippen LogP contribution in [0.2, 0.25) is 0 Å². The quantitative estimate of drug-likeness (QED) is 0.170. The minimum absolute atomic E-state index is 0.148. The zero-order chi connectivity index (χ0) is 43.7. The molecule has 0 fully saturated rings. The smallest absolute Gasteiger partial charge is 0.0726 e.